The predicted octanol–water partition coefficient (Wildman–Crippen LogP) is 1.46. The lowest BCUT2D eigenvalue weighted by Crippen LogP contribution is -2.49. The van der Waals surface area contributed by atoms with Gasteiger partial charge in [0.15, 0.2) is 0 Å². The summed E-state index contributed by atoms with van der Waals surface area (Å²) in [5.74, 6) is 0.667. The molecular formula is C17H27N5O2. The minimum absolute atomic E-state index is 0.0605. The number of nitrogens with zero attached hydrogens (tertiary/aromatic N) is 1. The molecule has 2 unspecified atom stereocenters. The molecule has 7 heteroatoms. The van der Waals surface area contributed by atoms with E-state index in [0.717, 1.165) is 18.4 Å². The SMILES string of the molecule is CC1NNC(C)C1NC(=O)NCc1ccc(OC2CCCC2)nc1. The lowest BCUT2D eigenvalue weighted by molar-refractivity contribution is 0.201. The Bertz CT molecular complexity index is 534. The molecule has 3 rings (SSSR count). The summed E-state index contributed by atoms with van der Waals surface area (Å²) in [6.45, 7) is 4.52. The number of hydrogen-bond donors (Lipinski definition) is 4. The Morgan fingerprint density at radius 3 is 2.58 bits per heavy atom. The van der Waals surface area contributed by atoms with Crippen molar-refractivity contribution < 1.29 is 9.53 Å². The molecule has 4 N–H and O–H groups in total. The van der Waals surface area contributed by atoms with Crippen molar-refractivity contribution in [3.8, 4) is 5.88 Å². The lowest BCUT2D eigenvalue weighted by Gasteiger charge is -2.20. The zero-order valence-electron chi connectivity index (χ0n) is 14.3. The van der Waals surface area contributed by atoms with Gasteiger partial charge in [-0.15, -0.1) is 0 Å². The fourth-order valence-electron chi connectivity index (χ4n) is 3.27. The molecule has 1 saturated heterocycles. The molecular weight excluding hydrogens is 306 g/mol. The van der Waals surface area contributed by atoms with Crippen LogP contribution in [0, 0.1) is 0 Å². The Morgan fingerprint density at radius 2 is 1.96 bits per heavy atom. The van der Waals surface area contributed by atoms with Crippen LogP contribution in [0.4, 0.5) is 4.79 Å². The van der Waals surface area contributed by atoms with E-state index in [0.29, 0.717) is 18.5 Å². The number of urea groups is 1. The minimum Gasteiger partial charge on any atom is -0.474 e. The van der Waals surface area contributed by atoms with Gasteiger partial charge in [-0.3, -0.25) is 10.9 Å². The molecule has 0 radical (unpaired) electrons. The zero-order chi connectivity index (χ0) is 16.9. The number of carbonyl (C=O) groups excluding carboxylic acids is 1. The standard InChI is InChI=1S/C17H27N5O2/c1-11-16(12(2)22-21-11)20-17(23)19-10-13-7-8-15(18-9-13)24-14-5-3-4-6-14/h7-9,11-12,14,16,21-22H,3-6,10H2,1-2H3,(H2,19,20,23). The van der Waals surface area contributed by atoms with Crippen LogP contribution in [0.15, 0.2) is 18.3 Å². The van der Waals surface area contributed by atoms with Crippen molar-refractivity contribution in [3.05, 3.63) is 23.9 Å². The van der Waals surface area contributed by atoms with E-state index in [2.05, 4.69) is 26.5 Å². The zero-order valence-corrected chi connectivity index (χ0v) is 14.3. The van der Waals surface area contributed by atoms with Gasteiger partial charge >= 0.3 is 6.03 Å². The Balaban J connectivity index is 1.43. The molecule has 2 atom stereocenters. The summed E-state index contributed by atoms with van der Waals surface area (Å²) < 4.78 is 5.84. The fourth-order valence-corrected chi connectivity index (χ4v) is 3.27. The van der Waals surface area contributed by atoms with Crippen LogP contribution in [0.3, 0.4) is 0 Å². The van der Waals surface area contributed by atoms with Crippen molar-refractivity contribution in [2.24, 2.45) is 0 Å². The number of hydrogen-bond acceptors (Lipinski definition) is 5. The molecule has 1 aliphatic carbocycles. The van der Waals surface area contributed by atoms with Crippen molar-refractivity contribution in [1.82, 2.24) is 26.5 Å². The summed E-state index contributed by atoms with van der Waals surface area (Å²) in [6, 6.07) is 4.10. The number of nitrogens with one attached hydrogen (secondary N) is 4. The van der Waals surface area contributed by atoms with Crippen LogP contribution >= 0.6 is 0 Å². The van der Waals surface area contributed by atoms with E-state index >= 15 is 0 Å². The van der Waals surface area contributed by atoms with E-state index in [1.807, 2.05) is 26.0 Å². The lowest BCUT2D eigenvalue weighted by atomic mass is 10.1. The minimum atomic E-state index is -0.171. The third-order valence-corrected chi connectivity index (χ3v) is 4.75. The van der Waals surface area contributed by atoms with E-state index in [1.54, 1.807) is 6.20 Å². The summed E-state index contributed by atoms with van der Waals surface area (Å²) in [6.07, 6.45) is 6.79. The van der Waals surface area contributed by atoms with E-state index in [1.165, 1.54) is 12.8 Å². The molecule has 1 aromatic heterocycles. The summed E-state index contributed by atoms with van der Waals surface area (Å²) >= 11 is 0. The second-order valence-electron chi connectivity index (χ2n) is 6.75. The summed E-state index contributed by atoms with van der Waals surface area (Å²) in [5.41, 5.74) is 7.19. The third kappa shape index (κ3) is 4.36. The highest BCUT2D eigenvalue weighted by atomic mass is 16.5. The smallest absolute Gasteiger partial charge is 0.315 e. The molecule has 132 valence electrons. The topological polar surface area (TPSA) is 87.3 Å². The van der Waals surface area contributed by atoms with E-state index in [4.69, 9.17) is 4.74 Å². The molecule has 7 nitrogen and oxygen atoms in total. The van der Waals surface area contributed by atoms with Crippen LogP contribution in [0.1, 0.15) is 45.1 Å². The van der Waals surface area contributed by atoms with Crippen molar-refractivity contribution in [3.63, 3.8) is 0 Å². The highest BCUT2D eigenvalue weighted by molar-refractivity contribution is 5.74. The molecule has 2 fully saturated rings. The van der Waals surface area contributed by atoms with Crippen LogP contribution < -0.4 is 26.2 Å². The molecule has 1 saturated carbocycles. The predicted molar refractivity (Wildman–Crippen MR) is 91.5 cm³/mol. The highest BCUT2D eigenvalue weighted by Crippen LogP contribution is 2.22. The van der Waals surface area contributed by atoms with Gasteiger partial charge in [0, 0.05) is 30.9 Å². The summed E-state index contributed by atoms with van der Waals surface area (Å²) in [7, 11) is 0. The monoisotopic (exact) mass is 333 g/mol. The Morgan fingerprint density at radius 1 is 1.25 bits per heavy atom. The molecule has 2 aliphatic rings. The van der Waals surface area contributed by atoms with Gasteiger partial charge in [-0.2, -0.15) is 0 Å². The van der Waals surface area contributed by atoms with Gasteiger partial charge in [-0.05, 0) is 45.1 Å². The number of hydrazine groups is 1. The second kappa shape index (κ2) is 7.81. The van der Waals surface area contributed by atoms with Crippen molar-refractivity contribution in [2.75, 3.05) is 0 Å². The molecule has 1 aliphatic heterocycles. The van der Waals surface area contributed by atoms with Crippen LogP contribution in [-0.2, 0) is 6.54 Å². The van der Waals surface area contributed by atoms with Gasteiger partial charge in [0.2, 0.25) is 5.88 Å². The molecule has 1 aromatic rings. The number of amides is 2. The molecule has 24 heavy (non-hydrogen) atoms. The van der Waals surface area contributed by atoms with Gasteiger partial charge in [0.1, 0.15) is 6.10 Å². The largest absolute Gasteiger partial charge is 0.474 e. The molecule has 2 heterocycles. The Kier molecular flexibility index (Phi) is 5.52. The summed E-state index contributed by atoms with van der Waals surface area (Å²) in [4.78, 5) is 16.4. The van der Waals surface area contributed by atoms with Gasteiger partial charge in [-0.25, -0.2) is 9.78 Å². The van der Waals surface area contributed by atoms with E-state index in [-0.39, 0.29) is 24.2 Å². The van der Waals surface area contributed by atoms with Crippen molar-refractivity contribution >= 4 is 6.03 Å². The maximum Gasteiger partial charge on any atom is 0.315 e. The third-order valence-electron chi connectivity index (χ3n) is 4.75. The Hall–Kier alpha value is -1.86. The number of carbonyl (C=O) groups is 1. The van der Waals surface area contributed by atoms with Crippen molar-refractivity contribution in [1.29, 1.82) is 0 Å². The van der Waals surface area contributed by atoms with Gasteiger partial charge in [0.25, 0.3) is 0 Å². The average molecular weight is 333 g/mol. The first-order valence-corrected chi connectivity index (χ1v) is 8.79. The maximum absolute atomic E-state index is 12.0. The fraction of sp³-hybridized carbons (Fsp3) is 0.647. The first-order chi connectivity index (χ1) is 11.6. The van der Waals surface area contributed by atoms with E-state index < -0.39 is 0 Å². The summed E-state index contributed by atoms with van der Waals surface area (Å²) in [5, 5.41) is 5.86. The van der Waals surface area contributed by atoms with E-state index in [9.17, 15) is 4.79 Å². The molecule has 0 aromatic carbocycles. The normalized spacial score (nSPS) is 27.2. The first-order valence-electron chi connectivity index (χ1n) is 8.79. The van der Waals surface area contributed by atoms with Crippen molar-refractivity contribution in [2.45, 2.75) is 70.3 Å². The van der Waals surface area contributed by atoms with Crippen LogP contribution in [0.25, 0.3) is 0 Å². The van der Waals surface area contributed by atoms with Crippen LogP contribution in [-0.4, -0.2) is 35.2 Å². The quantitative estimate of drug-likeness (QED) is 0.655. The van der Waals surface area contributed by atoms with Gasteiger partial charge < -0.3 is 15.4 Å². The number of aromatic nitrogens is 1. The Labute approximate surface area is 142 Å². The second-order valence-corrected chi connectivity index (χ2v) is 6.75. The number of pyridine rings is 1. The number of rotatable bonds is 5. The van der Waals surface area contributed by atoms with Crippen LogP contribution in [0.5, 0.6) is 5.88 Å². The highest BCUT2D eigenvalue weighted by Gasteiger charge is 2.30. The molecule has 0 bridgehead atoms. The molecule has 0 spiro atoms. The van der Waals surface area contributed by atoms with Gasteiger partial charge in [0.05, 0.1) is 6.04 Å². The average Bonchev–Trinajstić information content (AvgIpc) is 3.19. The van der Waals surface area contributed by atoms with Crippen LogP contribution in [0.2, 0.25) is 0 Å². The molecule has 2 amide bonds. The van der Waals surface area contributed by atoms with Gasteiger partial charge in [-0.1, -0.05) is 6.07 Å². The maximum atomic E-state index is 12.0. The first kappa shape index (κ1) is 17.0. The number of ether oxygens (including phenoxy) is 1.